The van der Waals surface area contributed by atoms with Crippen LogP contribution < -0.4 is 5.32 Å². The van der Waals surface area contributed by atoms with Crippen molar-refractivity contribution in [2.24, 2.45) is 0 Å². The summed E-state index contributed by atoms with van der Waals surface area (Å²) >= 11 is 0. The average Bonchev–Trinajstić information content (AvgIpc) is 3.20. The van der Waals surface area contributed by atoms with Crippen molar-refractivity contribution < 1.29 is 17.7 Å². The van der Waals surface area contributed by atoms with Gasteiger partial charge in [-0.15, -0.1) is 0 Å². The van der Waals surface area contributed by atoms with Crippen LogP contribution in [0.1, 0.15) is 42.6 Å². The van der Waals surface area contributed by atoms with Crippen molar-refractivity contribution in [1.29, 1.82) is 0 Å². The lowest BCUT2D eigenvalue weighted by molar-refractivity contribution is -0.137. The Balaban J connectivity index is 1.88. The summed E-state index contributed by atoms with van der Waals surface area (Å²) in [5.41, 5.74) is -0.621. The maximum atomic E-state index is 12.9. The molecule has 0 aliphatic heterocycles. The second-order valence-corrected chi connectivity index (χ2v) is 6.07. The molecule has 1 aliphatic rings. The number of rotatable bonds is 5. The summed E-state index contributed by atoms with van der Waals surface area (Å²) in [5.74, 6) is 0.982. The van der Waals surface area contributed by atoms with E-state index in [0.717, 1.165) is 18.9 Å². The van der Waals surface area contributed by atoms with E-state index >= 15 is 0 Å². The minimum atomic E-state index is -4.35. The van der Waals surface area contributed by atoms with Crippen LogP contribution in [0.25, 0.3) is 0 Å². The third kappa shape index (κ3) is 3.10. The fourth-order valence-electron chi connectivity index (χ4n) is 2.65. The first-order chi connectivity index (χ1) is 10.8. The highest BCUT2D eigenvalue weighted by atomic mass is 19.4. The fraction of sp³-hybridized carbons (Fsp3) is 0.500. The predicted molar refractivity (Wildman–Crippen MR) is 78.0 cm³/mol. The number of aromatic nitrogens is 2. The minimum absolute atomic E-state index is 0.198. The lowest BCUT2D eigenvalue weighted by atomic mass is 9.94. The Kier molecular flexibility index (Phi) is 3.91. The molecule has 1 fully saturated rings. The third-order valence-electron chi connectivity index (χ3n) is 4.35. The van der Waals surface area contributed by atoms with E-state index in [1.54, 1.807) is 6.07 Å². The third-order valence-corrected chi connectivity index (χ3v) is 4.35. The number of nitrogens with zero attached hydrogens (tertiary/aromatic N) is 2. The summed E-state index contributed by atoms with van der Waals surface area (Å²) in [5, 5.41) is 7.04. The molecular formula is C16H18F3N3O. The van der Waals surface area contributed by atoms with Gasteiger partial charge in [-0.1, -0.05) is 23.4 Å². The van der Waals surface area contributed by atoms with Gasteiger partial charge in [0.25, 0.3) is 0 Å². The van der Waals surface area contributed by atoms with Crippen LogP contribution in [0.3, 0.4) is 0 Å². The Labute approximate surface area is 132 Å². The van der Waals surface area contributed by atoms with E-state index in [-0.39, 0.29) is 6.04 Å². The van der Waals surface area contributed by atoms with Crippen molar-refractivity contribution in [2.75, 3.05) is 7.05 Å². The molecular weight excluding hydrogens is 307 g/mol. The van der Waals surface area contributed by atoms with Crippen molar-refractivity contribution in [3.05, 3.63) is 47.1 Å². The largest absolute Gasteiger partial charge is 0.416 e. The van der Waals surface area contributed by atoms with Crippen molar-refractivity contribution in [3.8, 4) is 0 Å². The molecule has 0 amide bonds. The number of alkyl halides is 3. The van der Waals surface area contributed by atoms with Crippen LogP contribution in [0, 0.1) is 0 Å². The number of benzene rings is 1. The zero-order valence-corrected chi connectivity index (χ0v) is 12.9. The van der Waals surface area contributed by atoms with E-state index < -0.39 is 17.2 Å². The second-order valence-electron chi connectivity index (χ2n) is 6.07. The number of hydrogen-bond acceptors (Lipinski definition) is 4. The molecule has 1 aromatic carbocycles. The fourth-order valence-corrected chi connectivity index (χ4v) is 2.65. The van der Waals surface area contributed by atoms with Gasteiger partial charge >= 0.3 is 6.18 Å². The quantitative estimate of drug-likeness (QED) is 0.916. The molecule has 1 saturated carbocycles. The van der Waals surface area contributed by atoms with Gasteiger partial charge in [-0.3, -0.25) is 0 Å². The van der Waals surface area contributed by atoms with Crippen LogP contribution in [0.5, 0.6) is 0 Å². The van der Waals surface area contributed by atoms with Gasteiger partial charge in [0, 0.05) is 12.5 Å². The Morgan fingerprint density at radius 3 is 2.70 bits per heavy atom. The molecule has 3 rings (SSSR count). The van der Waals surface area contributed by atoms with E-state index in [1.807, 2.05) is 14.0 Å². The average molecular weight is 325 g/mol. The number of halogens is 3. The maximum absolute atomic E-state index is 12.9. The Bertz CT molecular complexity index is 692. The van der Waals surface area contributed by atoms with Crippen LogP contribution in [-0.2, 0) is 18.0 Å². The number of likely N-dealkylation sites (N-methyl/N-ethyl adjacent to an activating group) is 1. The molecule has 0 spiro atoms. The Morgan fingerprint density at radius 2 is 2.09 bits per heavy atom. The van der Waals surface area contributed by atoms with Crippen LogP contribution >= 0.6 is 0 Å². The monoisotopic (exact) mass is 325 g/mol. The SMILES string of the molecule is CNC(C)Cc1noc(C2(c3cccc(C(F)(F)F)c3)CC2)n1. The van der Waals surface area contributed by atoms with Gasteiger partial charge in [0.1, 0.15) is 0 Å². The summed E-state index contributed by atoms with van der Waals surface area (Å²) in [6, 6.07) is 5.59. The molecule has 1 aliphatic carbocycles. The summed E-state index contributed by atoms with van der Waals surface area (Å²) in [4.78, 5) is 4.40. The van der Waals surface area contributed by atoms with E-state index in [9.17, 15) is 13.2 Å². The van der Waals surface area contributed by atoms with E-state index in [1.165, 1.54) is 12.1 Å². The van der Waals surface area contributed by atoms with Crippen molar-refractivity contribution in [1.82, 2.24) is 15.5 Å². The molecule has 1 aromatic heterocycles. The van der Waals surface area contributed by atoms with Gasteiger partial charge in [0.05, 0.1) is 11.0 Å². The summed E-state index contributed by atoms with van der Waals surface area (Å²) in [7, 11) is 1.84. The standard InChI is InChI=1S/C16H18F3N3O/c1-10(20-2)8-13-21-14(23-22-13)15(6-7-15)11-4-3-5-12(9-11)16(17,18)19/h3-5,9-10,20H,6-8H2,1-2H3. The van der Waals surface area contributed by atoms with Gasteiger partial charge in [-0.25, -0.2) is 0 Å². The normalized spacial score (nSPS) is 18.0. The van der Waals surface area contributed by atoms with Crippen molar-refractivity contribution >= 4 is 0 Å². The summed E-state index contributed by atoms with van der Waals surface area (Å²) in [6.45, 7) is 2.00. The summed E-state index contributed by atoms with van der Waals surface area (Å²) < 4.78 is 44.1. The zero-order chi connectivity index (χ0) is 16.7. The van der Waals surface area contributed by atoms with Gasteiger partial charge in [0.15, 0.2) is 5.82 Å². The van der Waals surface area contributed by atoms with E-state index in [2.05, 4.69) is 15.5 Å². The molecule has 1 heterocycles. The minimum Gasteiger partial charge on any atom is -0.338 e. The lowest BCUT2D eigenvalue weighted by Gasteiger charge is -2.13. The Hall–Kier alpha value is -1.89. The predicted octanol–water partition coefficient (Wildman–Crippen LogP) is 3.32. The first-order valence-electron chi connectivity index (χ1n) is 7.53. The molecule has 124 valence electrons. The van der Waals surface area contributed by atoms with E-state index in [0.29, 0.717) is 23.7 Å². The van der Waals surface area contributed by atoms with Crippen LogP contribution in [-0.4, -0.2) is 23.2 Å². The van der Waals surface area contributed by atoms with Crippen LogP contribution in [0.4, 0.5) is 13.2 Å². The molecule has 23 heavy (non-hydrogen) atoms. The smallest absolute Gasteiger partial charge is 0.338 e. The molecule has 1 N–H and O–H groups in total. The molecule has 0 saturated heterocycles. The van der Waals surface area contributed by atoms with Gasteiger partial charge < -0.3 is 9.84 Å². The van der Waals surface area contributed by atoms with Crippen LogP contribution in [0.15, 0.2) is 28.8 Å². The highest BCUT2D eigenvalue weighted by Gasteiger charge is 2.51. The number of hydrogen-bond donors (Lipinski definition) is 1. The van der Waals surface area contributed by atoms with Crippen molar-refractivity contribution in [3.63, 3.8) is 0 Å². The first kappa shape index (κ1) is 16.0. The second kappa shape index (κ2) is 5.63. The lowest BCUT2D eigenvalue weighted by Crippen LogP contribution is -2.24. The Morgan fingerprint density at radius 1 is 1.35 bits per heavy atom. The van der Waals surface area contributed by atoms with E-state index in [4.69, 9.17) is 4.52 Å². The molecule has 2 aromatic rings. The maximum Gasteiger partial charge on any atom is 0.416 e. The highest BCUT2D eigenvalue weighted by molar-refractivity contribution is 5.41. The van der Waals surface area contributed by atoms with Crippen LogP contribution in [0.2, 0.25) is 0 Å². The highest BCUT2D eigenvalue weighted by Crippen LogP contribution is 2.53. The molecule has 4 nitrogen and oxygen atoms in total. The summed E-state index contributed by atoms with van der Waals surface area (Å²) in [6.07, 6.45) is -2.30. The van der Waals surface area contributed by atoms with Crippen molar-refractivity contribution in [2.45, 2.75) is 43.8 Å². The van der Waals surface area contributed by atoms with Gasteiger partial charge in [-0.05, 0) is 38.4 Å². The molecule has 0 bridgehead atoms. The van der Waals surface area contributed by atoms with Gasteiger partial charge in [0.2, 0.25) is 5.89 Å². The molecule has 0 radical (unpaired) electrons. The molecule has 1 unspecified atom stereocenters. The topological polar surface area (TPSA) is 51.0 Å². The molecule has 1 atom stereocenters. The first-order valence-corrected chi connectivity index (χ1v) is 7.53. The number of nitrogens with one attached hydrogen (secondary N) is 1. The molecule has 7 heteroatoms. The zero-order valence-electron chi connectivity index (χ0n) is 12.9. The van der Waals surface area contributed by atoms with Gasteiger partial charge in [-0.2, -0.15) is 18.2 Å².